The Kier molecular flexibility index (Phi) is 3.47. The van der Waals surface area contributed by atoms with Crippen LogP contribution in [0.2, 0.25) is 0 Å². The Balaban J connectivity index is 1.80. The fraction of sp³-hybridized carbons (Fsp3) is 0.250. The molecule has 0 aromatic heterocycles. The minimum atomic E-state index is -3.57. The van der Waals surface area contributed by atoms with Gasteiger partial charge in [0.15, 0.2) is 0 Å². The van der Waals surface area contributed by atoms with E-state index in [2.05, 4.69) is 4.72 Å². The zero-order chi connectivity index (χ0) is 15.0. The van der Waals surface area contributed by atoms with Crippen molar-refractivity contribution in [1.82, 2.24) is 4.72 Å². The van der Waals surface area contributed by atoms with Crippen LogP contribution in [0, 0.1) is 6.92 Å². The third-order valence-corrected chi connectivity index (χ3v) is 5.54. The van der Waals surface area contributed by atoms with Crippen molar-refractivity contribution in [3.63, 3.8) is 0 Å². The monoisotopic (exact) mass is 302 g/mol. The number of nitrogen functional groups attached to an aromatic ring is 1. The Morgan fingerprint density at radius 2 is 1.81 bits per heavy atom. The van der Waals surface area contributed by atoms with E-state index in [0.29, 0.717) is 11.3 Å². The lowest BCUT2D eigenvalue weighted by molar-refractivity contribution is 0.580. The van der Waals surface area contributed by atoms with Crippen molar-refractivity contribution < 1.29 is 8.42 Å². The highest BCUT2D eigenvalue weighted by Crippen LogP contribution is 2.41. The molecule has 1 fully saturated rings. The van der Waals surface area contributed by atoms with Gasteiger partial charge in [-0.1, -0.05) is 42.5 Å². The SMILES string of the molecule is Cc1cccc(N)c1S(=O)(=O)NC1CC1c1ccccc1. The number of nitrogens with one attached hydrogen (secondary N) is 1. The first-order valence-corrected chi connectivity index (χ1v) is 8.40. The van der Waals surface area contributed by atoms with Crippen LogP contribution >= 0.6 is 0 Å². The Hall–Kier alpha value is -1.85. The summed E-state index contributed by atoms with van der Waals surface area (Å²) in [4.78, 5) is 0.198. The van der Waals surface area contributed by atoms with E-state index in [1.165, 1.54) is 5.56 Å². The van der Waals surface area contributed by atoms with Crippen molar-refractivity contribution in [2.75, 3.05) is 5.73 Å². The lowest BCUT2D eigenvalue weighted by atomic mass is 10.1. The molecule has 110 valence electrons. The fourth-order valence-electron chi connectivity index (χ4n) is 2.69. The van der Waals surface area contributed by atoms with Crippen molar-refractivity contribution in [2.45, 2.75) is 30.2 Å². The number of nitrogens with two attached hydrogens (primary N) is 1. The Morgan fingerprint density at radius 3 is 2.48 bits per heavy atom. The molecule has 1 aliphatic rings. The molecule has 3 N–H and O–H groups in total. The van der Waals surface area contributed by atoms with Crippen LogP contribution in [0.15, 0.2) is 53.4 Å². The van der Waals surface area contributed by atoms with Crippen molar-refractivity contribution in [2.24, 2.45) is 0 Å². The van der Waals surface area contributed by atoms with E-state index in [9.17, 15) is 8.42 Å². The topological polar surface area (TPSA) is 72.2 Å². The van der Waals surface area contributed by atoms with Gasteiger partial charge >= 0.3 is 0 Å². The van der Waals surface area contributed by atoms with Crippen LogP contribution in [-0.4, -0.2) is 14.5 Å². The van der Waals surface area contributed by atoms with Gasteiger partial charge in [0.1, 0.15) is 4.90 Å². The van der Waals surface area contributed by atoms with Gasteiger partial charge in [-0.3, -0.25) is 0 Å². The summed E-state index contributed by atoms with van der Waals surface area (Å²) in [6.45, 7) is 1.76. The Bertz CT molecular complexity index is 737. The summed E-state index contributed by atoms with van der Waals surface area (Å²) >= 11 is 0. The molecule has 21 heavy (non-hydrogen) atoms. The van der Waals surface area contributed by atoms with Gasteiger partial charge in [0.2, 0.25) is 10.0 Å². The van der Waals surface area contributed by atoms with Gasteiger partial charge in [0, 0.05) is 12.0 Å². The van der Waals surface area contributed by atoms with Crippen molar-refractivity contribution in [3.05, 3.63) is 59.7 Å². The summed E-state index contributed by atoms with van der Waals surface area (Å²) in [6.07, 6.45) is 0.828. The molecule has 1 aliphatic carbocycles. The molecule has 0 heterocycles. The highest BCUT2D eigenvalue weighted by molar-refractivity contribution is 7.89. The molecule has 2 atom stereocenters. The van der Waals surface area contributed by atoms with Gasteiger partial charge in [-0.15, -0.1) is 0 Å². The van der Waals surface area contributed by atoms with E-state index < -0.39 is 10.0 Å². The van der Waals surface area contributed by atoms with E-state index in [1.807, 2.05) is 30.3 Å². The van der Waals surface area contributed by atoms with Gasteiger partial charge < -0.3 is 5.73 Å². The molecule has 0 aliphatic heterocycles. The summed E-state index contributed by atoms with van der Waals surface area (Å²) in [5.41, 5.74) is 7.96. The molecule has 2 aromatic carbocycles. The molecule has 0 amide bonds. The van der Waals surface area contributed by atoms with E-state index in [4.69, 9.17) is 5.73 Å². The number of anilines is 1. The highest BCUT2D eigenvalue weighted by atomic mass is 32.2. The predicted molar refractivity (Wildman–Crippen MR) is 83.5 cm³/mol. The van der Waals surface area contributed by atoms with Gasteiger partial charge in [0.25, 0.3) is 0 Å². The average molecular weight is 302 g/mol. The molecule has 2 aromatic rings. The summed E-state index contributed by atoms with van der Waals surface area (Å²) in [5.74, 6) is 0.256. The smallest absolute Gasteiger partial charge is 0.243 e. The molecule has 0 bridgehead atoms. The van der Waals surface area contributed by atoms with Crippen LogP contribution in [0.4, 0.5) is 5.69 Å². The second-order valence-electron chi connectivity index (χ2n) is 5.47. The van der Waals surface area contributed by atoms with Crippen molar-refractivity contribution in [3.8, 4) is 0 Å². The molecular weight excluding hydrogens is 284 g/mol. The number of hydrogen-bond donors (Lipinski definition) is 2. The molecule has 3 rings (SSSR count). The normalized spacial score (nSPS) is 21.2. The lowest BCUT2D eigenvalue weighted by Gasteiger charge is -2.11. The number of rotatable bonds is 4. The maximum Gasteiger partial charge on any atom is 0.243 e. The van der Waals surface area contributed by atoms with E-state index in [0.717, 1.165) is 6.42 Å². The number of sulfonamides is 1. The van der Waals surface area contributed by atoms with Crippen LogP contribution < -0.4 is 10.5 Å². The zero-order valence-electron chi connectivity index (χ0n) is 11.8. The molecule has 0 saturated heterocycles. The van der Waals surface area contributed by atoms with Crippen LogP contribution in [-0.2, 0) is 10.0 Å². The standard InChI is InChI=1S/C16H18N2O2S/c1-11-6-5-9-14(17)16(11)21(19,20)18-15-10-13(15)12-7-3-2-4-8-12/h2-9,13,15,18H,10,17H2,1H3. The minimum absolute atomic E-state index is 0.0450. The fourth-order valence-corrected chi connectivity index (χ4v) is 4.34. The summed E-state index contributed by atoms with van der Waals surface area (Å²) in [7, 11) is -3.57. The van der Waals surface area contributed by atoms with E-state index in [1.54, 1.807) is 25.1 Å². The minimum Gasteiger partial charge on any atom is -0.398 e. The second-order valence-corrected chi connectivity index (χ2v) is 7.12. The van der Waals surface area contributed by atoms with E-state index in [-0.39, 0.29) is 16.9 Å². The van der Waals surface area contributed by atoms with Crippen molar-refractivity contribution >= 4 is 15.7 Å². The zero-order valence-corrected chi connectivity index (χ0v) is 12.6. The summed E-state index contributed by atoms with van der Waals surface area (Å²) < 4.78 is 27.8. The van der Waals surface area contributed by atoms with Crippen LogP contribution in [0.5, 0.6) is 0 Å². The molecule has 0 spiro atoms. The predicted octanol–water partition coefficient (Wildman–Crippen LogP) is 2.41. The lowest BCUT2D eigenvalue weighted by Crippen LogP contribution is -2.28. The Labute approximate surface area is 125 Å². The van der Waals surface area contributed by atoms with Gasteiger partial charge in [0.05, 0.1) is 5.69 Å². The first kappa shape index (κ1) is 14.1. The van der Waals surface area contributed by atoms with Gasteiger partial charge in [-0.2, -0.15) is 0 Å². The maximum absolute atomic E-state index is 12.5. The highest BCUT2D eigenvalue weighted by Gasteiger charge is 2.41. The molecule has 1 saturated carbocycles. The molecule has 2 unspecified atom stereocenters. The number of aryl methyl sites for hydroxylation is 1. The number of benzene rings is 2. The summed E-state index contributed by atoms with van der Waals surface area (Å²) in [6, 6.07) is 15.0. The first-order chi connectivity index (χ1) is 9.99. The van der Waals surface area contributed by atoms with Crippen LogP contribution in [0.25, 0.3) is 0 Å². The van der Waals surface area contributed by atoms with Gasteiger partial charge in [-0.05, 0) is 30.5 Å². The largest absolute Gasteiger partial charge is 0.398 e. The third kappa shape index (κ3) is 2.80. The maximum atomic E-state index is 12.5. The van der Waals surface area contributed by atoms with Crippen molar-refractivity contribution in [1.29, 1.82) is 0 Å². The van der Waals surface area contributed by atoms with Crippen LogP contribution in [0.3, 0.4) is 0 Å². The first-order valence-electron chi connectivity index (χ1n) is 6.91. The quantitative estimate of drug-likeness (QED) is 0.852. The molecular formula is C16H18N2O2S. The molecule has 0 radical (unpaired) electrons. The van der Waals surface area contributed by atoms with Crippen LogP contribution in [0.1, 0.15) is 23.5 Å². The second kappa shape index (κ2) is 5.16. The Morgan fingerprint density at radius 1 is 1.10 bits per heavy atom. The number of hydrogen-bond acceptors (Lipinski definition) is 3. The molecule has 5 heteroatoms. The van der Waals surface area contributed by atoms with Gasteiger partial charge in [-0.25, -0.2) is 13.1 Å². The average Bonchev–Trinajstić information content (AvgIpc) is 3.17. The summed E-state index contributed by atoms with van der Waals surface area (Å²) in [5, 5.41) is 0. The molecule has 4 nitrogen and oxygen atoms in total. The third-order valence-electron chi connectivity index (χ3n) is 3.84. The van der Waals surface area contributed by atoms with E-state index >= 15 is 0 Å².